The molecule has 32 heavy (non-hydrogen) atoms. The Kier molecular flexibility index (Phi) is 6.35. The van der Waals surface area contributed by atoms with E-state index >= 15 is 0 Å². The summed E-state index contributed by atoms with van der Waals surface area (Å²) in [5, 5.41) is 7.93. The van der Waals surface area contributed by atoms with Gasteiger partial charge in [-0.2, -0.15) is 5.10 Å². The van der Waals surface area contributed by atoms with E-state index in [-0.39, 0.29) is 11.7 Å². The Bertz CT molecular complexity index is 1230. The Morgan fingerprint density at radius 1 is 1.00 bits per heavy atom. The van der Waals surface area contributed by atoms with Crippen LogP contribution in [0.25, 0.3) is 0 Å². The van der Waals surface area contributed by atoms with Crippen LogP contribution < -0.4 is 10.7 Å². The van der Waals surface area contributed by atoms with Crippen molar-refractivity contribution in [2.75, 3.05) is 5.32 Å². The molecule has 0 saturated carbocycles. The minimum Gasteiger partial charge on any atom is -0.455 e. The van der Waals surface area contributed by atoms with Gasteiger partial charge in [-0.3, -0.25) is 9.59 Å². The second kappa shape index (κ2) is 9.18. The van der Waals surface area contributed by atoms with Crippen LogP contribution in [0.4, 0.5) is 5.69 Å². The number of hydrogen-bond donors (Lipinski definition) is 2. The third kappa shape index (κ3) is 4.56. The molecule has 0 radical (unpaired) electrons. The fourth-order valence-electron chi connectivity index (χ4n) is 3.66. The molecule has 2 N–H and O–H groups in total. The van der Waals surface area contributed by atoms with Crippen molar-refractivity contribution in [3.63, 3.8) is 0 Å². The van der Waals surface area contributed by atoms with Gasteiger partial charge < -0.3 is 9.73 Å². The number of rotatable bonds is 4. The van der Waals surface area contributed by atoms with Gasteiger partial charge in [0, 0.05) is 28.1 Å². The Morgan fingerprint density at radius 2 is 1.75 bits per heavy atom. The van der Waals surface area contributed by atoms with Gasteiger partial charge in [0.15, 0.2) is 5.76 Å². The predicted octanol–water partition coefficient (Wildman–Crippen LogP) is 5.93. The van der Waals surface area contributed by atoms with Crippen LogP contribution in [-0.4, -0.2) is 17.5 Å². The van der Waals surface area contributed by atoms with Crippen LogP contribution in [0.5, 0.6) is 0 Å². The van der Waals surface area contributed by atoms with Crippen molar-refractivity contribution >= 4 is 46.4 Å². The molecular weight excluding hydrogens is 449 g/mol. The molecule has 2 aromatic carbocycles. The minimum absolute atomic E-state index is 0.186. The van der Waals surface area contributed by atoms with Crippen molar-refractivity contribution in [3.05, 3.63) is 86.3 Å². The summed E-state index contributed by atoms with van der Waals surface area (Å²) in [5.41, 5.74) is 6.74. The first-order valence-corrected chi connectivity index (χ1v) is 10.9. The molecule has 8 heteroatoms. The van der Waals surface area contributed by atoms with Gasteiger partial charge in [-0.15, -0.1) is 0 Å². The van der Waals surface area contributed by atoms with E-state index < -0.39 is 5.91 Å². The summed E-state index contributed by atoms with van der Waals surface area (Å²) in [5.74, 6) is 0.147. The number of furan rings is 1. The van der Waals surface area contributed by atoms with Gasteiger partial charge in [-0.05, 0) is 57.0 Å². The molecule has 1 heterocycles. The number of carbonyl (C=O) groups excluding carboxylic acids is 2. The molecule has 3 aromatic rings. The lowest BCUT2D eigenvalue weighted by Gasteiger charge is -2.13. The minimum atomic E-state index is -0.427. The van der Waals surface area contributed by atoms with Gasteiger partial charge in [0.25, 0.3) is 11.8 Å². The maximum atomic E-state index is 12.9. The molecule has 0 spiro atoms. The van der Waals surface area contributed by atoms with E-state index in [9.17, 15) is 9.59 Å². The molecule has 164 valence electrons. The largest absolute Gasteiger partial charge is 0.455 e. The summed E-state index contributed by atoms with van der Waals surface area (Å²) in [4.78, 5) is 25.3. The molecular formula is C24H21Cl2N3O3. The predicted molar refractivity (Wildman–Crippen MR) is 126 cm³/mol. The zero-order valence-electron chi connectivity index (χ0n) is 17.6. The summed E-state index contributed by atoms with van der Waals surface area (Å²) in [6.07, 6.45) is 2.16. The molecule has 0 saturated heterocycles. The summed E-state index contributed by atoms with van der Waals surface area (Å²) < 4.78 is 5.89. The zero-order chi connectivity index (χ0) is 22.8. The average molecular weight is 470 g/mol. The Morgan fingerprint density at radius 3 is 2.50 bits per heavy atom. The van der Waals surface area contributed by atoms with Crippen LogP contribution in [0.2, 0.25) is 10.0 Å². The number of amides is 2. The zero-order valence-corrected chi connectivity index (χ0v) is 19.1. The molecule has 6 nitrogen and oxygen atoms in total. The molecule has 0 fully saturated rings. The third-order valence-electron chi connectivity index (χ3n) is 5.31. The Labute approximate surface area is 195 Å². The standard InChI is InChI=1S/C24H21Cl2N3O3/c1-13-6-8-15(9-7-13)23(30)29-28-18-4-3-5-20-21(18)14(2)22(32-20)24(31)27-19-12-16(25)10-11-17(19)26/h6-12H,3-5H2,1-2H3,(H,27,31)(H,29,30)/b28-18+. The first kappa shape index (κ1) is 22.1. The van der Waals surface area contributed by atoms with E-state index in [4.69, 9.17) is 27.6 Å². The van der Waals surface area contributed by atoms with Crippen LogP contribution in [0.3, 0.4) is 0 Å². The molecule has 4 rings (SSSR count). The number of fused-ring (bicyclic) bond motifs is 1. The number of anilines is 1. The van der Waals surface area contributed by atoms with Crippen LogP contribution in [0.15, 0.2) is 52.0 Å². The summed E-state index contributed by atoms with van der Waals surface area (Å²) in [7, 11) is 0. The highest BCUT2D eigenvalue weighted by Gasteiger charge is 2.28. The van der Waals surface area contributed by atoms with Crippen LogP contribution >= 0.6 is 23.2 Å². The number of aryl methyl sites for hydroxylation is 2. The quantitative estimate of drug-likeness (QED) is 0.464. The van der Waals surface area contributed by atoms with E-state index in [1.54, 1.807) is 37.3 Å². The van der Waals surface area contributed by atoms with Crippen LogP contribution in [0, 0.1) is 13.8 Å². The highest BCUT2D eigenvalue weighted by Crippen LogP contribution is 2.31. The summed E-state index contributed by atoms with van der Waals surface area (Å²) in [6, 6.07) is 12.1. The van der Waals surface area contributed by atoms with Gasteiger partial charge in [-0.1, -0.05) is 40.9 Å². The highest BCUT2D eigenvalue weighted by molar-refractivity contribution is 6.35. The highest BCUT2D eigenvalue weighted by atomic mass is 35.5. The fourth-order valence-corrected chi connectivity index (χ4v) is 3.99. The maximum absolute atomic E-state index is 12.9. The number of nitrogens with zero attached hydrogens (tertiary/aromatic N) is 1. The number of carbonyl (C=O) groups is 2. The van der Waals surface area contributed by atoms with Gasteiger partial charge >= 0.3 is 0 Å². The van der Waals surface area contributed by atoms with Crippen molar-refractivity contribution in [1.29, 1.82) is 0 Å². The van der Waals surface area contributed by atoms with E-state index in [0.29, 0.717) is 51.2 Å². The van der Waals surface area contributed by atoms with Gasteiger partial charge in [0.05, 0.1) is 16.4 Å². The molecule has 0 atom stereocenters. The van der Waals surface area contributed by atoms with Crippen LogP contribution in [0.1, 0.15) is 56.2 Å². The van der Waals surface area contributed by atoms with Crippen molar-refractivity contribution in [1.82, 2.24) is 5.43 Å². The summed E-state index contributed by atoms with van der Waals surface area (Å²) in [6.45, 7) is 3.76. The lowest BCUT2D eigenvalue weighted by atomic mass is 9.93. The SMILES string of the molecule is Cc1ccc(C(=O)N/N=C2\CCCc3oc(C(=O)Nc4cc(Cl)ccc4Cl)c(C)c32)cc1. The number of halogens is 2. The lowest BCUT2D eigenvalue weighted by molar-refractivity contribution is 0.0953. The van der Waals surface area contributed by atoms with Gasteiger partial charge in [0.2, 0.25) is 0 Å². The second-order valence-electron chi connectivity index (χ2n) is 7.65. The molecule has 0 unspecified atom stereocenters. The van der Waals surface area contributed by atoms with E-state index in [1.807, 2.05) is 19.1 Å². The van der Waals surface area contributed by atoms with Crippen molar-refractivity contribution < 1.29 is 14.0 Å². The average Bonchev–Trinajstić information content (AvgIpc) is 3.12. The number of benzene rings is 2. The van der Waals surface area contributed by atoms with Crippen molar-refractivity contribution in [2.24, 2.45) is 5.10 Å². The van der Waals surface area contributed by atoms with Gasteiger partial charge in [0.1, 0.15) is 5.76 Å². The van der Waals surface area contributed by atoms with Crippen molar-refractivity contribution in [3.8, 4) is 0 Å². The Balaban J connectivity index is 1.57. The van der Waals surface area contributed by atoms with E-state index in [0.717, 1.165) is 17.5 Å². The first-order chi connectivity index (χ1) is 15.3. The maximum Gasteiger partial charge on any atom is 0.291 e. The molecule has 1 aromatic heterocycles. The second-order valence-corrected chi connectivity index (χ2v) is 8.50. The number of hydrazone groups is 1. The molecule has 1 aliphatic carbocycles. The first-order valence-electron chi connectivity index (χ1n) is 10.2. The smallest absolute Gasteiger partial charge is 0.291 e. The fraction of sp³-hybridized carbons (Fsp3) is 0.208. The van der Waals surface area contributed by atoms with E-state index in [1.165, 1.54) is 0 Å². The molecule has 0 bridgehead atoms. The van der Waals surface area contributed by atoms with Gasteiger partial charge in [-0.25, -0.2) is 5.43 Å². The summed E-state index contributed by atoms with van der Waals surface area (Å²) >= 11 is 12.2. The molecule has 2 amide bonds. The third-order valence-corrected chi connectivity index (χ3v) is 5.88. The molecule has 1 aliphatic rings. The normalized spacial score (nSPS) is 14.2. The lowest BCUT2D eigenvalue weighted by Crippen LogP contribution is -2.22. The topological polar surface area (TPSA) is 83.7 Å². The van der Waals surface area contributed by atoms with Crippen LogP contribution in [-0.2, 0) is 6.42 Å². The Hall–Kier alpha value is -3.09. The van der Waals surface area contributed by atoms with E-state index in [2.05, 4.69) is 15.8 Å². The molecule has 0 aliphatic heterocycles. The van der Waals surface area contributed by atoms with Crippen molar-refractivity contribution in [2.45, 2.75) is 33.1 Å². The number of nitrogens with one attached hydrogen (secondary N) is 2. The monoisotopic (exact) mass is 469 g/mol. The number of hydrogen-bond acceptors (Lipinski definition) is 4.